The number of aromatic nitrogens is 1. The van der Waals surface area contributed by atoms with Gasteiger partial charge in [-0.05, 0) is 23.9 Å². The SMILES string of the molecule is O=C(O)C1CN(C(=O)O)CCC1n1ccc2ccccc21. The number of nitrogens with zero attached hydrogens (tertiary/aromatic N) is 2. The van der Waals surface area contributed by atoms with E-state index in [1.807, 2.05) is 41.1 Å². The normalized spacial score (nSPS) is 22.4. The molecule has 6 heteroatoms. The highest BCUT2D eigenvalue weighted by Gasteiger charge is 2.37. The van der Waals surface area contributed by atoms with Crippen LogP contribution in [0.4, 0.5) is 4.79 Å². The Balaban J connectivity index is 1.97. The number of aliphatic carboxylic acids is 1. The summed E-state index contributed by atoms with van der Waals surface area (Å²) in [6, 6.07) is 9.52. The van der Waals surface area contributed by atoms with Crippen molar-refractivity contribution in [2.24, 2.45) is 5.92 Å². The molecule has 0 aliphatic carbocycles. The van der Waals surface area contributed by atoms with Gasteiger partial charge in [-0.1, -0.05) is 18.2 Å². The van der Waals surface area contributed by atoms with Gasteiger partial charge in [0, 0.05) is 24.8 Å². The number of benzene rings is 1. The number of hydrogen-bond acceptors (Lipinski definition) is 2. The predicted octanol–water partition coefficient (Wildman–Crippen LogP) is 2.27. The van der Waals surface area contributed by atoms with Gasteiger partial charge in [0.25, 0.3) is 0 Å². The first-order valence-electron chi connectivity index (χ1n) is 6.84. The quantitative estimate of drug-likeness (QED) is 0.888. The average molecular weight is 288 g/mol. The first kappa shape index (κ1) is 13.5. The molecular weight excluding hydrogens is 272 g/mol. The maximum absolute atomic E-state index is 11.5. The van der Waals surface area contributed by atoms with Gasteiger partial charge in [-0.3, -0.25) is 4.79 Å². The topological polar surface area (TPSA) is 82.8 Å². The smallest absolute Gasteiger partial charge is 0.407 e. The monoisotopic (exact) mass is 288 g/mol. The van der Waals surface area contributed by atoms with E-state index in [4.69, 9.17) is 5.11 Å². The largest absolute Gasteiger partial charge is 0.481 e. The van der Waals surface area contributed by atoms with Gasteiger partial charge in [0.05, 0.1) is 12.0 Å². The summed E-state index contributed by atoms with van der Waals surface area (Å²) in [5.41, 5.74) is 0.984. The number of carboxylic acids is 1. The van der Waals surface area contributed by atoms with Crippen molar-refractivity contribution in [2.45, 2.75) is 12.5 Å². The van der Waals surface area contributed by atoms with Crippen molar-refractivity contribution in [1.82, 2.24) is 9.47 Å². The Hall–Kier alpha value is -2.50. The molecule has 1 saturated heterocycles. The lowest BCUT2D eigenvalue weighted by molar-refractivity contribution is -0.145. The summed E-state index contributed by atoms with van der Waals surface area (Å²) in [6.45, 7) is 0.387. The minimum atomic E-state index is -1.06. The summed E-state index contributed by atoms with van der Waals surface area (Å²) in [5.74, 6) is -1.69. The Morgan fingerprint density at radius 1 is 1.14 bits per heavy atom. The molecule has 21 heavy (non-hydrogen) atoms. The number of rotatable bonds is 2. The minimum absolute atomic E-state index is 0.0296. The molecule has 0 radical (unpaired) electrons. The third-order valence-corrected chi connectivity index (χ3v) is 4.15. The molecule has 0 spiro atoms. The molecule has 6 nitrogen and oxygen atoms in total. The number of piperidine rings is 1. The fourth-order valence-electron chi connectivity index (χ4n) is 3.08. The van der Waals surface area contributed by atoms with E-state index in [1.165, 1.54) is 4.90 Å². The van der Waals surface area contributed by atoms with Crippen LogP contribution in [0.5, 0.6) is 0 Å². The molecule has 1 aromatic heterocycles. The third-order valence-electron chi connectivity index (χ3n) is 4.15. The summed E-state index contributed by atoms with van der Waals surface area (Å²) in [7, 11) is 0. The van der Waals surface area contributed by atoms with Gasteiger partial charge in [-0.15, -0.1) is 0 Å². The van der Waals surface area contributed by atoms with E-state index in [2.05, 4.69) is 0 Å². The lowest BCUT2D eigenvalue weighted by atomic mass is 9.92. The first-order valence-corrected chi connectivity index (χ1v) is 6.84. The molecule has 1 aliphatic heterocycles. The molecule has 110 valence electrons. The van der Waals surface area contributed by atoms with Crippen LogP contribution in [0, 0.1) is 5.92 Å². The highest BCUT2D eigenvalue weighted by molar-refractivity contribution is 5.81. The minimum Gasteiger partial charge on any atom is -0.481 e. The molecule has 2 heterocycles. The van der Waals surface area contributed by atoms with Crippen molar-refractivity contribution in [3.63, 3.8) is 0 Å². The Morgan fingerprint density at radius 2 is 1.90 bits per heavy atom. The number of amides is 1. The zero-order chi connectivity index (χ0) is 15.0. The van der Waals surface area contributed by atoms with Crippen molar-refractivity contribution in [3.8, 4) is 0 Å². The second kappa shape index (κ2) is 5.12. The molecule has 1 aliphatic rings. The number of hydrogen-bond donors (Lipinski definition) is 2. The first-order chi connectivity index (χ1) is 10.1. The van der Waals surface area contributed by atoms with Crippen molar-refractivity contribution in [3.05, 3.63) is 36.5 Å². The average Bonchev–Trinajstić information content (AvgIpc) is 2.90. The number of fused-ring (bicyclic) bond motifs is 1. The Bertz CT molecular complexity index is 694. The molecule has 2 N–H and O–H groups in total. The molecular formula is C15H16N2O4. The molecule has 1 amide bonds. The van der Waals surface area contributed by atoms with Gasteiger partial charge < -0.3 is 19.7 Å². The van der Waals surface area contributed by atoms with Crippen molar-refractivity contribution in [2.75, 3.05) is 13.1 Å². The van der Waals surface area contributed by atoms with E-state index in [-0.39, 0.29) is 12.6 Å². The zero-order valence-corrected chi connectivity index (χ0v) is 11.3. The second-order valence-electron chi connectivity index (χ2n) is 5.31. The van der Waals surface area contributed by atoms with Crippen LogP contribution in [0.1, 0.15) is 12.5 Å². The van der Waals surface area contributed by atoms with Crippen LogP contribution in [-0.2, 0) is 4.79 Å². The summed E-state index contributed by atoms with van der Waals surface area (Å²) in [5, 5.41) is 19.6. The van der Waals surface area contributed by atoms with Gasteiger partial charge in [0.15, 0.2) is 0 Å². The van der Waals surface area contributed by atoms with Crippen LogP contribution in [0.25, 0.3) is 10.9 Å². The number of likely N-dealkylation sites (tertiary alicyclic amines) is 1. The van der Waals surface area contributed by atoms with Crippen molar-refractivity contribution < 1.29 is 19.8 Å². The summed E-state index contributed by atoms with van der Waals surface area (Å²) in [6.07, 6.45) is 1.33. The summed E-state index contributed by atoms with van der Waals surface area (Å²) in [4.78, 5) is 23.8. The molecule has 3 rings (SSSR count). The van der Waals surface area contributed by atoms with E-state index < -0.39 is 18.0 Å². The van der Waals surface area contributed by atoms with Crippen LogP contribution < -0.4 is 0 Å². The maximum Gasteiger partial charge on any atom is 0.407 e. The van der Waals surface area contributed by atoms with Gasteiger partial charge in [0.1, 0.15) is 0 Å². The van der Waals surface area contributed by atoms with Gasteiger partial charge in [0.2, 0.25) is 0 Å². The maximum atomic E-state index is 11.5. The molecule has 1 aromatic carbocycles. The van der Waals surface area contributed by atoms with Crippen LogP contribution in [0.15, 0.2) is 36.5 Å². The molecule has 0 saturated carbocycles. The number of carboxylic acid groups (broad SMARTS) is 2. The highest BCUT2D eigenvalue weighted by atomic mass is 16.4. The predicted molar refractivity (Wildman–Crippen MR) is 76.3 cm³/mol. The Morgan fingerprint density at radius 3 is 2.62 bits per heavy atom. The molecule has 2 atom stereocenters. The molecule has 0 bridgehead atoms. The van der Waals surface area contributed by atoms with Gasteiger partial charge in [-0.2, -0.15) is 0 Å². The van der Waals surface area contributed by atoms with Crippen molar-refractivity contribution >= 4 is 23.0 Å². The fraction of sp³-hybridized carbons (Fsp3) is 0.333. The fourth-order valence-corrected chi connectivity index (χ4v) is 3.08. The Kier molecular flexibility index (Phi) is 3.29. The van der Waals surface area contributed by atoms with Gasteiger partial charge >= 0.3 is 12.1 Å². The highest BCUT2D eigenvalue weighted by Crippen LogP contribution is 2.32. The lowest BCUT2D eigenvalue weighted by Crippen LogP contribution is -2.46. The van der Waals surface area contributed by atoms with E-state index in [9.17, 15) is 14.7 Å². The van der Waals surface area contributed by atoms with E-state index in [0.29, 0.717) is 13.0 Å². The molecule has 2 aromatic rings. The van der Waals surface area contributed by atoms with Crippen LogP contribution in [0.3, 0.4) is 0 Å². The third kappa shape index (κ3) is 2.33. The summed E-state index contributed by atoms with van der Waals surface area (Å²) < 4.78 is 1.97. The molecule has 2 unspecified atom stereocenters. The standard InChI is InChI=1S/C15H16N2O4/c18-14(19)11-9-16(15(20)21)7-6-13(11)17-8-5-10-3-1-2-4-12(10)17/h1-5,8,11,13H,6-7,9H2,(H,18,19)(H,20,21). The lowest BCUT2D eigenvalue weighted by Gasteiger charge is -2.36. The number of carbonyl (C=O) groups is 2. The van der Waals surface area contributed by atoms with E-state index in [1.54, 1.807) is 0 Å². The van der Waals surface area contributed by atoms with Crippen LogP contribution >= 0.6 is 0 Å². The van der Waals surface area contributed by atoms with Crippen molar-refractivity contribution in [1.29, 1.82) is 0 Å². The van der Waals surface area contributed by atoms with E-state index in [0.717, 1.165) is 10.9 Å². The summed E-state index contributed by atoms with van der Waals surface area (Å²) >= 11 is 0. The zero-order valence-electron chi connectivity index (χ0n) is 11.3. The van der Waals surface area contributed by atoms with Gasteiger partial charge in [-0.25, -0.2) is 4.79 Å². The second-order valence-corrected chi connectivity index (χ2v) is 5.31. The van der Waals surface area contributed by atoms with Crippen LogP contribution in [0.2, 0.25) is 0 Å². The number of para-hydroxylation sites is 1. The van der Waals surface area contributed by atoms with Crippen LogP contribution in [-0.4, -0.2) is 44.8 Å². The van der Waals surface area contributed by atoms with E-state index >= 15 is 0 Å². The molecule has 1 fully saturated rings. The Labute approximate surface area is 121 Å².